The maximum atomic E-state index is 13.3. The summed E-state index contributed by atoms with van der Waals surface area (Å²) in [4.78, 5) is 25.7. The first kappa shape index (κ1) is 23.9. The smallest absolute Gasteiger partial charge is 0.282 e. The molecule has 0 spiro atoms. The number of rotatable bonds is 8. The summed E-state index contributed by atoms with van der Waals surface area (Å²) >= 11 is 0. The van der Waals surface area contributed by atoms with Crippen LogP contribution in [0.5, 0.6) is 0 Å². The van der Waals surface area contributed by atoms with Crippen LogP contribution in [0.4, 0.5) is 28.9 Å². The fourth-order valence-electron chi connectivity index (χ4n) is 3.12. The normalized spacial score (nSPS) is 12.4. The number of carbonyl (C=O) groups excluding carboxylic acids is 2. The van der Waals surface area contributed by atoms with Crippen molar-refractivity contribution in [2.24, 2.45) is 7.05 Å². The third kappa shape index (κ3) is 4.73. The standard InChI is InChI=1S/C19H22F4N8O2/c1-5-30-15(19(33)26-12-7-24-29(4)9(12)2)13(8-25-30)27-18(32)10(3)31-14(17(22)23)6-11(28-31)16(20)21/h6-8,10,16-17H,5H2,1-4H3,(H,26,33)(H,27,32). The Labute approximate surface area is 185 Å². The summed E-state index contributed by atoms with van der Waals surface area (Å²) in [6.07, 6.45) is -3.49. The molecule has 2 amide bonds. The molecule has 0 aromatic carbocycles. The van der Waals surface area contributed by atoms with Crippen molar-refractivity contribution in [3.05, 3.63) is 41.2 Å². The summed E-state index contributed by atoms with van der Waals surface area (Å²) in [6.45, 7) is 5.01. The van der Waals surface area contributed by atoms with Crippen LogP contribution >= 0.6 is 0 Å². The number of amides is 2. The van der Waals surface area contributed by atoms with E-state index in [0.29, 0.717) is 28.7 Å². The predicted octanol–water partition coefficient (Wildman–Crippen LogP) is 3.47. The van der Waals surface area contributed by atoms with Gasteiger partial charge >= 0.3 is 0 Å². The molecule has 0 saturated heterocycles. The Morgan fingerprint density at radius 3 is 2.27 bits per heavy atom. The number of hydrogen-bond donors (Lipinski definition) is 2. The van der Waals surface area contributed by atoms with Crippen molar-refractivity contribution in [1.29, 1.82) is 0 Å². The second kappa shape index (κ2) is 9.42. The summed E-state index contributed by atoms with van der Waals surface area (Å²) in [5, 5.41) is 16.7. The van der Waals surface area contributed by atoms with Gasteiger partial charge in [0.2, 0.25) is 5.91 Å². The Kier molecular flexibility index (Phi) is 6.84. The van der Waals surface area contributed by atoms with E-state index in [2.05, 4.69) is 25.9 Å². The molecule has 3 aromatic rings. The van der Waals surface area contributed by atoms with Gasteiger partial charge in [-0.3, -0.25) is 23.6 Å². The lowest BCUT2D eigenvalue weighted by atomic mass is 10.2. The Morgan fingerprint density at radius 2 is 1.73 bits per heavy atom. The van der Waals surface area contributed by atoms with E-state index in [0.717, 1.165) is 0 Å². The molecule has 1 atom stereocenters. The van der Waals surface area contributed by atoms with Gasteiger partial charge in [-0.25, -0.2) is 17.6 Å². The van der Waals surface area contributed by atoms with Crippen LogP contribution in [0.1, 0.15) is 60.3 Å². The fraction of sp³-hybridized carbons (Fsp3) is 0.421. The van der Waals surface area contributed by atoms with Crippen molar-refractivity contribution >= 4 is 23.2 Å². The van der Waals surface area contributed by atoms with E-state index >= 15 is 0 Å². The molecule has 0 fully saturated rings. The Bertz CT molecular complexity index is 1170. The molecule has 0 saturated carbocycles. The van der Waals surface area contributed by atoms with Gasteiger partial charge in [0, 0.05) is 13.6 Å². The molecule has 14 heteroatoms. The number of aryl methyl sites for hydroxylation is 2. The quantitative estimate of drug-likeness (QED) is 0.490. The van der Waals surface area contributed by atoms with Gasteiger partial charge in [-0.15, -0.1) is 0 Å². The van der Waals surface area contributed by atoms with Crippen LogP contribution < -0.4 is 10.6 Å². The molecular formula is C19H22F4N8O2. The first-order valence-electron chi connectivity index (χ1n) is 9.87. The van der Waals surface area contributed by atoms with Gasteiger partial charge in [-0.1, -0.05) is 0 Å². The van der Waals surface area contributed by atoms with Crippen LogP contribution in [0.25, 0.3) is 0 Å². The summed E-state index contributed by atoms with van der Waals surface area (Å²) in [5.41, 5.74) is -0.498. The highest BCUT2D eigenvalue weighted by Crippen LogP contribution is 2.28. The Hall–Kier alpha value is -3.71. The molecule has 3 rings (SSSR count). The number of carbonyl (C=O) groups is 2. The van der Waals surface area contributed by atoms with E-state index in [1.165, 1.54) is 24.0 Å². The third-order valence-corrected chi connectivity index (χ3v) is 5.07. The molecule has 0 aliphatic heterocycles. The molecule has 3 heterocycles. The molecule has 0 aliphatic rings. The summed E-state index contributed by atoms with van der Waals surface area (Å²) in [5.74, 6) is -1.43. The van der Waals surface area contributed by atoms with E-state index in [4.69, 9.17) is 0 Å². The van der Waals surface area contributed by atoms with Crippen LogP contribution in [0.2, 0.25) is 0 Å². The Morgan fingerprint density at radius 1 is 1.06 bits per heavy atom. The minimum atomic E-state index is -3.12. The van der Waals surface area contributed by atoms with E-state index in [1.54, 1.807) is 25.6 Å². The number of aromatic nitrogens is 6. The zero-order valence-electron chi connectivity index (χ0n) is 18.2. The lowest BCUT2D eigenvalue weighted by Crippen LogP contribution is -2.27. The number of anilines is 2. The summed E-state index contributed by atoms with van der Waals surface area (Å²) in [6, 6.07) is -0.813. The molecular weight excluding hydrogens is 448 g/mol. The minimum Gasteiger partial charge on any atom is -0.321 e. The molecule has 0 aliphatic carbocycles. The minimum absolute atomic E-state index is 0.0177. The van der Waals surface area contributed by atoms with Crippen LogP contribution in [0.3, 0.4) is 0 Å². The van der Waals surface area contributed by atoms with Gasteiger partial charge in [0.15, 0.2) is 0 Å². The van der Waals surface area contributed by atoms with Crippen LogP contribution in [-0.2, 0) is 18.4 Å². The highest BCUT2D eigenvalue weighted by atomic mass is 19.3. The average molecular weight is 470 g/mol. The van der Waals surface area contributed by atoms with E-state index < -0.39 is 42.1 Å². The van der Waals surface area contributed by atoms with Crippen molar-refractivity contribution in [3.8, 4) is 0 Å². The lowest BCUT2D eigenvalue weighted by molar-refractivity contribution is -0.119. The number of hydrogen-bond acceptors (Lipinski definition) is 5. The topological polar surface area (TPSA) is 112 Å². The largest absolute Gasteiger partial charge is 0.321 e. The van der Waals surface area contributed by atoms with Gasteiger partial charge in [-0.05, 0) is 26.8 Å². The zero-order chi connectivity index (χ0) is 24.4. The van der Waals surface area contributed by atoms with E-state index in [-0.39, 0.29) is 11.4 Å². The first-order chi connectivity index (χ1) is 15.5. The molecule has 10 nitrogen and oxygen atoms in total. The van der Waals surface area contributed by atoms with E-state index in [9.17, 15) is 27.2 Å². The van der Waals surface area contributed by atoms with Gasteiger partial charge in [0.25, 0.3) is 18.8 Å². The van der Waals surface area contributed by atoms with Gasteiger partial charge in [0.1, 0.15) is 23.1 Å². The van der Waals surface area contributed by atoms with Crippen LogP contribution in [-0.4, -0.2) is 41.2 Å². The van der Waals surface area contributed by atoms with Gasteiger partial charge in [-0.2, -0.15) is 15.3 Å². The molecule has 3 aromatic heterocycles. The van der Waals surface area contributed by atoms with Crippen LogP contribution in [0.15, 0.2) is 18.5 Å². The number of alkyl halides is 4. The van der Waals surface area contributed by atoms with Crippen molar-refractivity contribution in [2.75, 3.05) is 10.6 Å². The van der Waals surface area contributed by atoms with Gasteiger partial charge < -0.3 is 10.6 Å². The zero-order valence-corrected chi connectivity index (χ0v) is 18.2. The highest BCUT2D eigenvalue weighted by molar-refractivity contribution is 6.09. The molecule has 0 bridgehead atoms. The number of halogens is 4. The van der Waals surface area contributed by atoms with Crippen molar-refractivity contribution < 1.29 is 27.2 Å². The molecule has 2 N–H and O–H groups in total. The second-order valence-electron chi connectivity index (χ2n) is 7.15. The van der Waals surface area contributed by atoms with Crippen molar-refractivity contribution in [2.45, 2.75) is 46.2 Å². The highest BCUT2D eigenvalue weighted by Gasteiger charge is 2.28. The lowest BCUT2D eigenvalue weighted by Gasteiger charge is -2.16. The fourth-order valence-corrected chi connectivity index (χ4v) is 3.12. The third-order valence-electron chi connectivity index (χ3n) is 5.07. The maximum Gasteiger partial charge on any atom is 0.282 e. The SMILES string of the molecule is CCn1ncc(NC(=O)C(C)n2nc(C(F)F)cc2C(F)F)c1C(=O)Nc1cnn(C)c1C. The first-order valence-corrected chi connectivity index (χ1v) is 9.87. The number of nitrogens with one attached hydrogen (secondary N) is 2. The van der Waals surface area contributed by atoms with Gasteiger partial charge in [0.05, 0.1) is 29.5 Å². The summed E-state index contributed by atoms with van der Waals surface area (Å²) in [7, 11) is 1.71. The Balaban J connectivity index is 1.87. The maximum absolute atomic E-state index is 13.3. The van der Waals surface area contributed by atoms with E-state index in [1.807, 2.05) is 0 Å². The molecule has 33 heavy (non-hydrogen) atoms. The molecule has 1 unspecified atom stereocenters. The monoisotopic (exact) mass is 470 g/mol. The molecule has 0 radical (unpaired) electrons. The number of nitrogens with zero attached hydrogens (tertiary/aromatic N) is 6. The average Bonchev–Trinajstić information content (AvgIpc) is 3.46. The van der Waals surface area contributed by atoms with Crippen molar-refractivity contribution in [1.82, 2.24) is 29.3 Å². The van der Waals surface area contributed by atoms with Crippen LogP contribution in [0, 0.1) is 6.92 Å². The predicted molar refractivity (Wildman–Crippen MR) is 109 cm³/mol. The molecule has 178 valence electrons. The summed E-state index contributed by atoms with van der Waals surface area (Å²) < 4.78 is 56.0. The second-order valence-corrected chi connectivity index (χ2v) is 7.15. The van der Waals surface area contributed by atoms with Crippen molar-refractivity contribution in [3.63, 3.8) is 0 Å².